The number of aryl methyl sites for hydroxylation is 1. The zero-order chi connectivity index (χ0) is 45.6. The highest BCUT2D eigenvalue weighted by Gasteiger charge is 2.38. The molecule has 0 spiro atoms. The summed E-state index contributed by atoms with van der Waals surface area (Å²) in [6.07, 6.45) is 6.34. The van der Waals surface area contributed by atoms with Crippen molar-refractivity contribution in [1.29, 1.82) is 0 Å². The number of benzene rings is 5. The summed E-state index contributed by atoms with van der Waals surface area (Å²) in [5, 5.41) is 3.04. The fourth-order valence-electron chi connectivity index (χ4n) is 9.03. The zero-order valence-electron chi connectivity index (χ0n) is 37.6. The van der Waals surface area contributed by atoms with Crippen LogP contribution in [-0.4, -0.2) is 55.1 Å². The maximum Gasteiger partial charge on any atom is 0.261 e. The topological polar surface area (TPSA) is 139 Å². The second-order valence-electron chi connectivity index (χ2n) is 18.7. The predicted molar refractivity (Wildman–Crippen MR) is 253 cm³/mol. The number of rotatable bonds is 13. The molecule has 4 aliphatic heterocycles. The molecule has 4 heterocycles. The Hall–Kier alpha value is -7.08. The number of para-hydroxylation sites is 2. The maximum absolute atomic E-state index is 14.0. The van der Waals surface area contributed by atoms with E-state index in [4.69, 9.17) is 24.2 Å². The molecule has 12 heteroatoms. The quantitative estimate of drug-likeness (QED) is 0.124. The molecule has 5 aromatic carbocycles. The van der Waals surface area contributed by atoms with E-state index in [0.29, 0.717) is 64.7 Å². The SMILES string of the molecule is COc1cc2c(cc1OCc1cc(COc3cc4c(cc3C)C(=O)N3c5ccccc5C[C@H]3C=N4)cc(NC(=O)[C@H](C)CC(=O)CCC(C)(C)C)c1)N=C[C@@H]1Cc3ccccc3N1C2=O. The molecule has 3 atom stereocenters. The number of fused-ring (bicyclic) bond motifs is 8. The maximum atomic E-state index is 14.0. The van der Waals surface area contributed by atoms with Gasteiger partial charge in [0.15, 0.2) is 11.5 Å². The molecule has 0 unspecified atom stereocenters. The van der Waals surface area contributed by atoms with Crippen LogP contribution >= 0.6 is 0 Å². The van der Waals surface area contributed by atoms with E-state index in [1.165, 1.54) is 7.11 Å². The van der Waals surface area contributed by atoms with E-state index < -0.39 is 5.92 Å². The first-order chi connectivity index (χ1) is 31.2. The van der Waals surface area contributed by atoms with Crippen molar-refractivity contribution in [3.8, 4) is 17.2 Å². The van der Waals surface area contributed by atoms with Gasteiger partial charge in [-0.25, -0.2) is 0 Å². The molecule has 332 valence electrons. The van der Waals surface area contributed by atoms with Crippen molar-refractivity contribution in [1.82, 2.24) is 0 Å². The van der Waals surface area contributed by atoms with Crippen LogP contribution in [0.25, 0.3) is 0 Å². The van der Waals surface area contributed by atoms with E-state index >= 15 is 0 Å². The Morgan fingerprint density at radius 1 is 0.738 bits per heavy atom. The summed E-state index contributed by atoms with van der Waals surface area (Å²) >= 11 is 0. The van der Waals surface area contributed by atoms with Crippen LogP contribution in [0.3, 0.4) is 0 Å². The number of nitrogens with zero attached hydrogens (tertiary/aromatic N) is 4. The smallest absolute Gasteiger partial charge is 0.261 e. The summed E-state index contributed by atoms with van der Waals surface area (Å²) < 4.78 is 18.6. The van der Waals surface area contributed by atoms with Crippen molar-refractivity contribution < 1.29 is 33.4 Å². The van der Waals surface area contributed by atoms with Crippen molar-refractivity contribution >= 4 is 64.4 Å². The second-order valence-corrected chi connectivity index (χ2v) is 18.7. The minimum absolute atomic E-state index is 0.0190. The molecule has 0 bridgehead atoms. The Morgan fingerprint density at radius 2 is 1.28 bits per heavy atom. The summed E-state index contributed by atoms with van der Waals surface area (Å²) in [5.74, 6) is 0.309. The number of ether oxygens (including phenoxy) is 3. The lowest BCUT2D eigenvalue weighted by molar-refractivity contribution is -0.126. The van der Waals surface area contributed by atoms with Crippen LogP contribution in [-0.2, 0) is 35.6 Å². The zero-order valence-corrected chi connectivity index (χ0v) is 37.6. The van der Waals surface area contributed by atoms with Gasteiger partial charge in [-0.15, -0.1) is 0 Å². The van der Waals surface area contributed by atoms with Gasteiger partial charge in [-0.05, 0) is 89.0 Å². The van der Waals surface area contributed by atoms with Crippen LogP contribution in [0.15, 0.2) is 101 Å². The molecule has 4 aliphatic rings. The Balaban J connectivity index is 0.961. The molecule has 0 fully saturated rings. The molecule has 5 aromatic rings. The summed E-state index contributed by atoms with van der Waals surface area (Å²) in [5.41, 5.74) is 8.71. The fraction of sp³-hybridized carbons (Fsp3) is 0.321. The molecule has 65 heavy (non-hydrogen) atoms. The average Bonchev–Trinajstić information content (AvgIpc) is 3.78. The van der Waals surface area contributed by atoms with Crippen LogP contribution in [0.4, 0.5) is 28.4 Å². The molecule has 0 aliphatic carbocycles. The Kier molecular flexibility index (Phi) is 11.6. The number of anilines is 3. The minimum atomic E-state index is -0.548. The van der Waals surface area contributed by atoms with E-state index in [9.17, 15) is 19.2 Å². The molecular weight excluding hydrogens is 819 g/mol. The minimum Gasteiger partial charge on any atom is -0.493 e. The largest absolute Gasteiger partial charge is 0.493 e. The van der Waals surface area contributed by atoms with E-state index in [1.54, 1.807) is 24.0 Å². The lowest BCUT2D eigenvalue weighted by Crippen LogP contribution is -2.37. The van der Waals surface area contributed by atoms with Crippen LogP contribution in [0, 0.1) is 18.3 Å². The van der Waals surface area contributed by atoms with Crippen molar-refractivity contribution in [2.75, 3.05) is 22.2 Å². The third kappa shape index (κ3) is 8.90. The number of amides is 3. The molecule has 3 amide bonds. The monoisotopic (exact) mass is 871 g/mol. The van der Waals surface area contributed by atoms with Gasteiger partial charge in [0.25, 0.3) is 11.8 Å². The first kappa shape index (κ1) is 43.2. The summed E-state index contributed by atoms with van der Waals surface area (Å²) in [4.78, 5) is 67.6. The van der Waals surface area contributed by atoms with Crippen molar-refractivity contribution in [2.45, 2.75) is 92.0 Å². The number of ketones is 1. The number of carbonyl (C=O) groups is 4. The van der Waals surface area contributed by atoms with Gasteiger partial charge in [-0.2, -0.15) is 0 Å². The number of hydrogen-bond donors (Lipinski definition) is 1. The van der Waals surface area contributed by atoms with Crippen molar-refractivity contribution in [3.63, 3.8) is 0 Å². The third-order valence-electron chi connectivity index (χ3n) is 12.5. The molecule has 0 saturated carbocycles. The van der Waals surface area contributed by atoms with Gasteiger partial charge in [0.2, 0.25) is 5.91 Å². The summed E-state index contributed by atoms with van der Waals surface area (Å²) in [7, 11) is 1.53. The first-order valence-corrected chi connectivity index (χ1v) is 22.2. The fourth-order valence-corrected chi connectivity index (χ4v) is 9.03. The molecule has 0 saturated heterocycles. The van der Waals surface area contributed by atoms with Gasteiger partial charge in [0, 0.05) is 73.2 Å². The van der Waals surface area contributed by atoms with Crippen LogP contribution in [0.2, 0.25) is 0 Å². The Labute approximate surface area is 379 Å². The molecule has 0 radical (unpaired) electrons. The highest BCUT2D eigenvalue weighted by molar-refractivity contribution is 6.15. The second kappa shape index (κ2) is 17.5. The molecule has 0 aromatic heterocycles. The molecule has 9 rings (SSSR count). The van der Waals surface area contributed by atoms with Gasteiger partial charge in [-0.1, -0.05) is 64.1 Å². The number of aliphatic imine (C=N–C) groups is 2. The number of Topliss-reactive ketones (excluding diaryl/α,β-unsaturated/α-hetero) is 1. The highest BCUT2D eigenvalue weighted by atomic mass is 16.5. The average molecular weight is 872 g/mol. The van der Waals surface area contributed by atoms with Gasteiger partial charge in [0.05, 0.1) is 41.7 Å². The number of methoxy groups -OCH3 is 1. The van der Waals surface area contributed by atoms with Crippen LogP contribution in [0.1, 0.15) is 95.5 Å². The lowest BCUT2D eigenvalue weighted by Gasteiger charge is -2.22. The first-order valence-electron chi connectivity index (χ1n) is 22.2. The summed E-state index contributed by atoms with van der Waals surface area (Å²) in [6, 6.07) is 28.1. The van der Waals surface area contributed by atoms with Gasteiger partial charge in [0.1, 0.15) is 24.7 Å². The van der Waals surface area contributed by atoms with Gasteiger partial charge in [-0.3, -0.25) is 39.0 Å². The number of hydrogen-bond acceptors (Lipinski definition) is 9. The van der Waals surface area contributed by atoms with Crippen molar-refractivity contribution in [2.24, 2.45) is 21.3 Å². The van der Waals surface area contributed by atoms with Gasteiger partial charge >= 0.3 is 0 Å². The predicted octanol–water partition coefficient (Wildman–Crippen LogP) is 10.1. The van der Waals surface area contributed by atoms with E-state index in [2.05, 4.69) is 32.2 Å². The normalized spacial score (nSPS) is 17.2. The number of carbonyl (C=O) groups excluding carboxylic acids is 4. The molecular formula is C53H53N5O7. The molecule has 1 N–H and O–H groups in total. The van der Waals surface area contributed by atoms with Crippen molar-refractivity contribution in [3.05, 3.63) is 130 Å². The lowest BCUT2D eigenvalue weighted by atomic mass is 9.88. The van der Waals surface area contributed by atoms with Crippen LogP contribution in [0.5, 0.6) is 17.2 Å². The molecule has 12 nitrogen and oxygen atoms in total. The summed E-state index contributed by atoms with van der Waals surface area (Å²) in [6.45, 7) is 10.1. The Morgan fingerprint density at radius 3 is 1.85 bits per heavy atom. The van der Waals surface area contributed by atoms with E-state index in [-0.39, 0.29) is 60.6 Å². The Bertz CT molecular complexity index is 2810. The highest BCUT2D eigenvalue weighted by Crippen LogP contribution is 2.42. The third-order valence-corrected chi connectivity index (χ3v) is 12.5. The van der Waals surface area contributed by atoms with E-state index in [1.807, 2.05) is 97.0 Å². The van der Waals surface area contributed by atoms with Crippen LogP contribution < -0.4 is 29.3 Å². The van der Waals surface area contributed by atoms with E-state index in [0.717, 1.165) is 45.6 Å². The standard InChI is InChI=1S/C53H53N5O7/c1-31-18-41-43(54-27-38-22-35-11-7-9-13-45(35)57(38)51(41)61)25-47(31)64-29-33-19-34(21-37(20-33)56-50(60)32(2)17-40(59)15-16-53(3,4)5)30-65-49-26-44-42(24-48(49)63-6)52(62)58-39(28-55-44)23-36-12-8-10-14-46(36)58/h7-14,18-21,24-28,32,38-39H,15-17,22-23,29-30H2,1-6H3,(H,56,60)/t32-,38+,39+/m1/s1. The van der Waals surface area contributed by atoms with Gasteiger partial charge < -0.3 is 19.5 Å². The number of nitrogens with one attached hydrogen (secondary N) is 1.